The van der Waals surface area contributed by atoms with Gasteiger partial charge in [-0.25, -0.2) is 0 Å². The minimum absolute atomic E-state index is 0.592. The number of benzene rings is 2. The van der Waals surface area contributed by atoms with E-state index in [0.717, 1.165) is 21.1 Å². The van der Waals surface area contributed by atoms with Gasteiger partial charge in [-0.3, -0.25) is 0 Å². The van der Waals surface area contributed by atoms with Crippen molar-refractivity contribution in [2.75, 3.05) is 0 Å². The summed E-state index contributed by atoms with van der Waals surface area (Å²) in [6, 6.07) is 12.5. The first-order valence-electron chi connectivity index (χ1n) is 6.13. The molecule has 0 saturated heterocycles. The maximum absolute atomic E-state index is 5.97. The molecule has 0 bridgehead atoms. The molecule has 100 valence electrons. The minimum atomic E-state index is 0.592. The van der Waals surface area contributed by atoms with Crippen molar-refractivity contribution in [1.82, 2.24) is 0 Å². The standard InChI is InChI=1S/C16H16Br2O/c1-11-6-14(9-17)7-12(2)16(11)19-10-13-4-3-5-15(18)8-13/h3-8H,9-10H2,1-2H3. The van der Waals surface area contributed by atoms with E-state index in [1.165, 1.54) is 16.7 Å². The van der Waals surface area contributed by atoms with Crippen LogP contribution in [0, 0.1) is 13.8 Å². The quantitative estimate of drug-likeness (QED) is 0.629. The molecule has 0 amide bonds. The Morgan fingerprint density at radius 2 is 1.68 bits per heavy atom. The Balaban J connectivity index is 2.16. The van der Waals surface area contributed by atoms with Gasteiger partial charge >= 0.3 is 0 Å². The molecule has 0 spiro atoms. The number of hydrogen-bond donors (Lipinski definition) is 0. The topological polar surface area (TPSA) is 9.23 Å². The van der Waals surface area contributed by atoms with Crippen molar-refractivity contribution in [3.05, 3.63) is 63.1 Å². The number of aryl methyl sites for hydroxylation is 2. The first-order chi connectivity index (χ1) is 9.10. The molecule has 2 aromatic rings. The lowest BCUT2D eigenvalue weighted by Crippen LogP contribution is -1.99. The van der Waals surface area contributed by atoms with Gasteiger partial charge in [-0.05, 0) is 48.2 Å². The highest BCUT2D eigenvalue weighted by Gasteiger charge is 2.06. The van der Waals surface area contributed by atoms with E-state index in [-0.39, 0.29) is 0 Å². The molecule has 1 nitrogen and oxygen atoms in total. The van der Waals surface area contributed by atoms with Crippen LogP contribution in [0.5, 0.6) is 5.75 Å². The Morgan fingerprint density at radius 3 is 2.26 bits per heavy atom. The van der Waals surface area contributed by atoms with E-state index in [2.05, 4.69) is 70.0 Å². The maximum Gasteiger partial charge on any atom is 0.125 e. The molecule has 0 aliphatic heterocycles. The second-order valence-electron chi connectivity index (χ2n) is 4.61. The highest BCUT2D eigenvalue weighted by molar-refractivity contribution is 9.10. The maximum atomic E-state index is 5.97. The van der Waals surface area contributed by atoms with Gasteiger partial charge in [-0.15, -0.1) is 0 Å². The van der Waals surface area contributed by atoms with Gasteiger partial charge in [-0.1, -0.05) is 56.1 Å². The lowest BCUT2D eigenvalue weighted by Gasteiger charge is -2.13. The zero-order valence-electron chi connectivity index (χ0n) is 11.0. The molecule has 0 saturated carbocycles. The summed E-state index contributed by atoms with van der Waals surface area (Å²) in [6.07, 6.45) is 0. The summed E-state index contributed by atoms with van der Waals surface area (Å²) in [5, 5.41) is 0.876. The average Bonchev–Trinajstić information content (AvgIpc) is 2.37. The SMILES string of the molecule is Cc1cc(CBr)cc(C)c1OCc1cccc(Br)c1. The van der Waals surface area contributed by atoms with E-state index in [4.69, 9.17) is 4.74 Å². The Kier molecular flexibility index (Phi) is 5.06. The molecule has 0 aliphatic rings. The molecular formula is C16H16Br2O. The monoisotopic (exact) mass is 382 g/mol. The molecule has 0 radical (unpaired) electrons. The predicted molar refractivity (Wildman–Crippen MR) is 87.0 cm³/mol. The molecule has 0 unspecified atom stereocenters. The van der Waals surface area contributed by atoms with E-state index < -0.39 is 0 Å². The van der Waals surface area contributed by atoms with Gasteiger partial charge in [0.25, 0.3) is 0 Å². The van der Waals surface area contributed by atoms with Crippen molar-refractivity contribution in [1.29, 1.82) is 0 Å². The lowest BCUT2D eigenvalue weighted by molar-refractivity contribution is 0.302. The second-order valence-corrected chi connectivity index (χ2v) is 6.09. The summed E-state index contributed by atoms with van der Waals surface area (Å²) in [5.41, 5.74) is 4.82. The smallest absolute Gasteiger partial charge is 0.125 e. The zero-order chi connectivity index (χ0) is 13.8. The van der Waals surface area contributed by atoms with Crippen LogP contribution in [0.4, 0.5) is 0 Å². The third kappa shape index (κ3) is 3.83. The largest absolute Gasteiger partial charge is 0.488 e. The number of ether oxygens (including phenoxy) is 1. The van der Waals surface area contributed by atoms with E-state index >= 15 is 0 Å². The van der Waals surface area contributed by atoms with Crippen LogP contribution in [-0.4, -0.2) is 0 Å². The van der Waals surface area contributed by atoms with Crippen LogP contribution < -0.4 is 4.74 Å². The van der Waals surface area contributed by atoms with Gasteiger partial charge in [0.15, 0.2) is 0 Å². The molecule has 0 fully saturated rings. The summed E-state index contributed by atoms with van der Waals surface area (Å²) >= 11 is 6.96. The van der Waals surface area contributed by atoms with Crippen LogP contribution in [0.15, 0.2) is 40.9 Å². The summed E-state index contributed by atoms with van der Waals surface area (Å²) in [5.74, 6) is 0.990. The number of halogens is 2. The minimum Gasteiger partial charge on any atom is -0.488 e. The van der Waals surface area contributed by atoms with Crippen molar-refractivity contribution in [3.63, 3.8) is 0 Å². The Morgan fingerprint density at radius 1 is 1.00 bits per heavy atom. The molecule has 3 heteroatoms. The molecule has 0 aliphatic carbocycles. The van der Waals surface area contributed by atoms with E-state index in [1.54, 1.807) is 0 Å². The van der Waals surface area contributed by atoms with Crippen LogP contribution >= 0.6 is 31.9 Å². The highest BCUT2D eigenvalue weighted by atomic mass is 79.9. The summed E-state index contributed by atoms with van der Waals surface area (Å²) in [6.45, 7) is 4.78. The Labute approximate surface area is 131 Å². The van der Waals surface area contributed by atoms with Crippen LogP contribution in [-0.2, 0) is 11.9 Å². The van der Waals surface area contributed by atoms with Crippen molar-refractivity contribution >= 4 is 31.9 Å². The van der Waals surface area contributed by atoms with Gasteiger partial charge in [0.2, 0.25) is 0 Å². The fourth-order valence-corrected chi connectivity index (χ4v) is 2.90. The first kappa shape index (κ1) is 14.6. The lowest BCUT2D eigenvalue weighted by atomic mass is 10.1. The molecule has 0 N–H and O–H groups in total. The fraction of sp³-hybridized carbons (Fsp3) is 0.250. The molecule has 19 heavy (non-hydrogen) atoms. The van der Waals surface area contributed by atoms with Crippen LogP contribution in [0.2, 0.25) is 0 Å². The van der Waals surface area contributed by atoms with Gasteiger partial charge < -0.3 is 4.74 Å². The summed E-state index contributed by atoms with van der Waals surface area (Å²) in [4.78, 5) is 0. The van der Waals surface area contributed by atoms with Crippen LogP contribution in [0.1, 0.15) is 22.3 Å². The molecule has 0 atom stereocenters. The van der Waals surface area contributed by atoms with Crippen LogP contribution in [0.3, 0.4) is 0 Å². The van der Waals surface area contributed by atoms with Gasteiger partial charge in [-0.2, -0.15) is 0 Å². The number of hydrogen-bond acceptors (Lipinski definition) is 1. The van der Waals surface area contributed by atoms with E-state index in [9.17, 15) is 0 Å². The second kappa shape index (κ2) is 6.58. The fourth-order valence-electron chi connectivity index (χ4n) is 2.13. The van der Waals surface area contributed by atoms with Gasteiger partial charge in [0.1, 0.15) is 12.4 Å². The molecule has 0 aromatic heterocycles. The van der Waals surface area contributed by atoms with E-state index in [1.807, 2.05) is 12.1 Å². The van der Waals surface area contributed by atoms with Crippen molar-refractivity contribution in [3.8, 4) is 5.75 Å². The van der Waals surface area contributed by atoms with E-state index in [0.29, 0.717) is 6.61 Å². The van der Waals surface area contributed by atoms with Crippen molar-refractivity contribution in [2.45, 2.75) is 25.8 Å². The van der Waals surface area contributed by atoms with Gasteiger partial charge in [0.05, 0.1) is 0 Å². The summed E-state index contributed by atoms with van der Waals surface area (Å²) in [7, 11) is 0. The number of alkyl halides is 1. The van der Waals surface area contributed by atoms with Crippen LogP contribution in [0.25, 0.3) is 0 Å². The molecule has 2 rings (SSSR count). The number of rotatable bonds is 4. The third-order valence-electron chi connectivity index (χ3n) is 2.95. The van der Waals surface area contributed by atoms with Gasteiger partial charge in [0, 0.05) is 9.80 Å². The molecule has 0 heterocycles. The Bertz CT molecular complexity index is 556. The molecule has 2 aromatic carbocycles. The normalized spacial score (nSPS) is 10.5. The predicted octanol–water partition coefficient (Wildman–Crippen LogP) is 5.54. The molecular weight excluding hydrogens is 368 g/mol. The highest BCUT2D eigenvalue weighted by Crippen LogP contribution is 2.27. The average molecular weight is 384 g/mol. The van der Waals surface area contributed by atoms with Crippen molar-refractivity contribution < 1.29 is 4.74 Å². The van der Waals surface area contributed by atoms with Crippen molar-refractivity contribution in [2.24, 2.45) is 0 Å². The summed E-state index contributed by atoms with van der Waals surface area (Å²) < 4.78 is 7.05. The first-order valence-corrected chi connectivity index (χ1v) is 8.05. The zero-order valence-corrected chi connectivity index (χ0v) is 14.2. The third-order valence-corrected chi connectivity index (χ3v) is 4.09. The Hall–Kier alpha value is -0.800.